The van der Waals surface area contributed by atoms with E-state index in [0.717, 1.165) is 19.6 Å². The molecule has 0 spiro atoms. The Morgan fingerprint density at radius 1 is 1.20 bits per heavy atom. The van der Waals surface area contributed by atoms with Gasteiger partial charge in [-0.2, -0.15) is 0 Å². The molecule has 1 aromatic rings. The Kier molecular flexibility index (Phi) is 5.24. The van der Waals surface area contributed by atoms with Crippen LogP contribution in [0.15, 0.2) is 66.3 Å². The summed E-state index contributed by atoms with van der Waals surface area (Å²) < 4.78 is 0. The summed E-state index contributed by atoms with van der Waals surface area (Å²) in [6, 6.07) is 10.5. The molecule has 0 radical (unpaired) electrons. The molecule has 1 heterocycles. The van der Waals surface area contributed by atoms with Gasteiger partial charge in [-0.1, -0.05) is 74.6 Å². The zero-order valence-corrected chi connectivity index (χ0v) is 15.4. The van der Waals surface area contributed by atoms with E-state index in [1.54, 1.807) is 7.05 Å². The molecule has 1 unspecified atom stereocenters. The maximum absolute atomic E-state index is 12.5. The van der Waals surface area contributed by atoms with Crippen LogP contribution in [0.1, 0.15) is 19.4 Å². The van der Waals surface area contributed by atoms with Gasteiger partial charge in [-0.05, 0) is 11.1 Å². The van der Waals surface area contributed by atoms with Crippen molar-refractivity contribution in [3.63, 3.8) is 0 Å². The minimum absolute atomic E-state index is 0.000718. The van der Waals surface area contributed by atoms with Crippen LogP contribution in [0.5, 0.6) is 0 Å². The lowest BCUT2D eigenvalue weighted by molar-refractivity contribution is -0.124. The van der Waals surface area contributed by atoms with E-state index in [2.05, 4.69) is 78.7 Å². The molecular formula is C22H28N2O. The standard InChI is InChI=1S/C22H28N2O/c1-22(2)12-7-10-18(11-13-22)19-15-24(16-20(19)21(25)23-3)14-17-8-5-4-6-9-17/h4-13,19-20H,14-16H2,1-3H3,(H,23,25)/t19-,20?/m1/s1. The first kappa shape index (κ1) is 17.7. The molecule has 1 aromatic carbocycles. The molecule has 25 heavy (non-hydrogen) atoms. The lowest BCUT2D eigenvalue weighted by Gasteiger charge is -2.18. The second-order valence-corrected chi connectivity index (χ2v) is 7.69. The van der Waals surface area contributed by atoms with Gasteiger partial charge in [-0.25, -0.2) is 0 Å². The molecule has 2 atom stereocenters. The molecule has 0 bridgehead atoms. The highest BCUT2D eigenvalue weighted by Gasteiger charge is 2.38. The van der Waals surface area contributed by atoms with Crippen molar-refractivity contribution in [1.82, 2.24) is 10.2 Å². The Balaban J connectivity index is 1.80. The van der Waals surface area contributed by atoms with Gasteiger partial charge >= 0.3 is 0 Å². The number of nitrogens with one attached hydrogen (secondary N) is 1. The molecule has 1 N–H and O–H groups in total. The van der Waals surface area contributed by atoms with Crippen molar-refractivity contribution in [1.29, 1.82) is 0 Å². The van der Waals surface area contributed by atoms with Crippen LogP contribution in [0.2, 0.25) is 0 Å². The van der Waals surface area contributed by atoms with Crippen LogP contribution in [0.4, 0.5) is 0 Å². The molecule has 0 aromatic heterocycles. The molecule has 0 saturated carbocycles. The smallest absolute Gasteiger partial charge is 0.224 e. The van der Waals surface area contributed by atoms with Crippen LogP contribution >= 0.6 is 0 Å². The zero-order valence-electron chi connectivity index (χ0n) is 15.4. The molecule has 3 rings (SSSR count). The van der Waals surface area contributed by atoms with E-state index in [4.69, 9.17) is 0 Å². The Labute approximate surface area is 151 Å². The highest BCUT2D eigenvalue weighted by Crippen LogP contribution is 2.34. The second kappa shape index (κ2) is 7.40. The minimum atomic E-state index is -0.000718. The molecule has 2 aliphatic rings. The van der Waals surface area contributed by atoms with Gasteiger partial charge in [0.25, 0.3) is 0 Å². The molecular weight excluding hydrogens is 308 g/mol. The first-order chi connectivity index (χ1) is 12.0. The predicted octanol–water partition coefficient (Wildman–Crippen LogP) is 3.56. The fourth-order valence-corrected chi connectivity index (χ4v) is 3.72. The molecule has 1 saturated heterocycles. The third kappa shape index (κ3) is 4.29. The molecule has 3 nitrogen and oxygen atoms in total. The van der Waals surface area contributed by atoms with Gasteiger partial charge in [-0.3, -0.25) is 9.69 Å². The SMILES string of the molecule is CNC(=O)C1CN(Cc2ccccc2)C[C@@H]1C1=CC=CC(C)(C)C=C1. The maximum atomic E-state index is 12.5. The van der Waals surface area contributed by atoms with Crippen molar-refractivity contribution < 1.29 is 4.79 Å². The maximum Gasteiger partial charge on any atom is 0.224 e. The molecule has 132 valence electrons. The van der Waals surface area contributed by atoms with E-state index in [1.165, 1.54) is 11.1 Å². The van der Waals surface area contributed by atoms with E-state index in [0.29, 0.717) is 0 Å². The lowest BCUT2D eigenvalue weighted by atomic mass is 9.86. The van der Waals surface area contributed by atoms with Crippen LogP contribution in [-0.2, 0) is 11.3 Å². The Morgan fingerprint density at radius 2 is 1.96 bits per heavy atom. The fraction of sp³-hybridized carbons (Fsp3) is 0.409. The molecule has 1 fully saturated rings. The number of hydrogen-bond acceptors (Lipinski definition) is 2. The zero-order chi connectivity index (χ0) is 17.9. The summed E-state index contributed by atoms with van der Waals surface area (Å²) in [5, 5.41) is 2.86. The van der Waals surface area contributed by atoms with Crippen LogP contribution < -0.4 is 5.32 Å². The summed E-state index contributed by atoms with van der Waals surface area (Å²) >= 11 is 0. The van der Waals surface area contributed by atoms with Gasteiger partial charge in [0, 0.05) is 38.0 Å². The number of carbonyl (C=O) groups is 1. The molecule has 3 heteroatoms. The van der Waals surface area contributed by atoms with E-state index in [1.807, 2.05) is 6.07 Å². The van der Waals surface area contributed by atoms with Crippen molar-refractivity contribution in [2.45, 2.75) is 20.4 Å². The van der Waals surface area contributed by atoms with Gasteiger partial charge in [-0.15, -0.1) is 0 Å². The summed E-state index contributed by atoms with van der Waals surface area (Å²) in [6.45, 7) is 7.00. The number of nitrogens with zero attached hydrogens (tertiary/aromatic N) is 1. The number of allylic oxidation sites excluding steroid dienone is 5. The largest absolute Gasteiger partial charge is 0.359 e. The van der Waals surface area contributed by atoms with Crippen LogP contribution in [0.3, 0.4) is 0 Å². The number of likely N-dealkylation sites (tertiary alicyclic amines) is 1. The third-order valence-electron chi connectivity index (χ3n) is 5.18. The fourth-order valence-electron chi connectivity index (χ4n) is 3.72. The molecule has 1 aliphatic heterocycles. The van der Waals surface area contributed by atoms with E-state index >= 15 is 0 Å². The first-order valence-corrected chi connectivity index (χ1v) is 9.05. The number of rotatable bonds is 4. The number of carbonyl (C=O) groups excluding carboxylic acids is 1. The summed E-state index contributed by atoms with van der Waals surface area (Å²) in [5.74, 6) is 0.375. The summed E-state index contributed by atoms with van der Waals surface area (Å²) in [7, 11) is 1.74. The quantitative estimate of drug-likeness (QED) is 0.912. The van der Waals surface area contributed by atoms with Crippen molar-refractivity contribution in [3.05, 3.63) is 71.8 Å². The highest BCUT2D eigenvalue weighted by atomic mass is 16.1. The summed E-state index contributed by atoms with van der Waals surface area (Å²) in [4.78, 5) is 14.9. The number of benzene rings is 1. The normalized spacial score (nSPS) is 25.5. The molecule has 1 amide bonds. The van der Waals surface area contributed by atoms with Gasteiger partial charge in [0.1, 0.15) is 0 Å². The van der Waals surface area contributed by atoms with Crippen molar-refractivity contribution in [2.75, 3.05) is 20.1 Å². The van der Waals surface area contributed by atoms with Crippen LogP contribution in [-0.4, -0.2) is 30.9 Å². The molecule has 1 aliphatic carbocycles. The van der Waals surface area contributed by atoms with Crippen molar-refractivity contribution >= 4 is 5.91 Å². The van der Waals surface area contributed by atoms with E-state index in [9.17, 15) is 4.79 Å². The predicted molar refractivity (Wildman–Crippen MR) is 103 cm³/mol. The van der Waals surface area contributed by atoms with E-state index in [-0.39, 0.29) is 23.2 Å². The Bertz CT molecular complexity index is 700. The Morgan fingerprint density at radius 3 is 2.68 bits per heavy atom. The van der Waals surface area contributed by atoms with Crippen molar-refractivity contribution in [2.24, 2.45) is 17.3 Å². The summed E-state index contributed by atoms with van der Waals surface area (Å²) in [5.41, 5.74) is 2.61. The topological polar surface area (TPSA) is 32.3 Å². The minimum Gasteiger partial charge on any atom is -0.359 e. The van der Waals surface area contributed by atoms with E-state index < -0.39 is 0 Å². The van der Waals surface area contributed by atoms with Gasteiger partial charge < -0.3 is 5.32 Å². The average molecular weight is 336 g/mol. The van der Waals surface area contributed by atoms with Gasteiger partial charge in [0.05, 0.1) is 5.92 Å². The average Bonchev–Trinajstić information content (AvgIpc) is 2.92. The van der Waals surface area contributed by atoms with Crippen molar-refractivity contribution in [3.8, 4) is 0 Å². The van der Waals surface area contributed by atoms with Gasteiger partial charge in [0.15, 0.2) is 0 Å². The first-order valence-electron chi connectivity index (χ1n) is 9.05. The summed E-state index contributed by atoms with van der Waals surface area (Å²) in [6.07, 6.45) is 11.0. The number of hydrogen-bond donors (Lipinski definition) is 1. The second-order valence-electron chi connectivity index (χ2n) is 7.69. The highest BCUT2D eigenvalue weighted by molar-refractivity contribution is 5.80. The van der Waals surface area contributed by atoms with Gasteiger partial charge in [0.2, 0.25) is 5.91 Å². The third-order valence-corrected chi connectivity index (χ3v) is 5.18. The Hall–Kier alpha value is -2.13. The van der Waals surface area contributed by atoms with Crippen LogP contribution in [0, 0.1) is 17.3 Å². The lowest BCUT2D eigenvalue weighted by Crippen LogP contribution is -2.33. The number of amides is 1. The van der Waals surface area contributed by atoms with Crippen LogP contribution in [0.25, 0.3) is 0 Å². The monoisotopic (exact) mass is 336 g/mol.